The molecule has 1 saturated heterocycles. The SMILES string of the molecule is CNC(Cc1nnn(C)n1)C1CN(C(C)C)CCO1. The van der Waals surface area contributed by atoms with E-state index in [2.05, 4.69) is 39.5 Å². The zero-order valence-electron chi connectivity index (χ0n) is 12.2. The molecule has 0 radical (unpaired) electrons. The van der Waals surface area contributed by atoms with Crippen molar-refractivity contribution in [2.45, 2.75) is 38.5 Å². The molecule has 1 fully saturated rings. The molecular formula is C12H24N6O. The van der Waals surface area contributed by atoms with Crippen LogP contribution < -0.4 is 5.32 Å². The lowest BCUT2D eigenvalue weighted by Gasteiger charge is -2.38. The summed E-state index contributed by atoms with van der Waals surface area (Å²) in [6.45, 7) is 7.19. The highest BCUT2D eigenvalue weighted by Crippen LogP contribution is 2.13. The van der Waals surface area contributed by atoms with Crippen molar-refractivity contribution in [3.63, 3.8) is 0 Å². The minimum Gasteiger partial charge on any atom is -0.374 e. The first-order valence-electron chi connectivity index (χ1n) is 6.86. The Hall–Kier alpha value is -1.05. The Kier molecular flexibility index (Phi) is 4.84. The second kappa shape index (κ2) is 6.40. The van der Waals surface area contributed by atoms with Crippen molar-refractivity contribution in [3.05, 3.63) is 5.82 Å². The van der Waals surface area contributed by atoms with Gasteiger partial charge in [0, 0.05) is 31.6 Å². The molecule has 2 rings (SSSR count). The third-order valence-electron chi connectivity index (χ3n) is 3.63. The van der Waals surface area contributed by atoms with E-state index in [0.29, 0.717) is 6.04 Å². The number of morpholine rings is 1. The summed E-state index contributed by atoms with van der Waals surface area (Å²) in [5.41, 5.74) is 0. The average Bonchev–Trinajstić information content (AvgIpc) is 2.81. The van der Waals surface area contributed by atoms with Gasteiger partial charge in [0.05, 0.1) is 19.8 Å². The van der Waals surface area contributed by atoms with E-state index in [9.17, 15) is 0 Å². The highest BCUT2D eigenvalue weighted by Gasteiger charge is 2.29. The fourth-order valence-corrected chi connectivity index (χ4v) is 2.43. The van der Waals surface area contributed by atoms with Crippen LogP contribution in [-0.4, -0.2) is 70.0 Å². The van der Waals surface area contributed by atoms with Crippen molar-refractivity contribution in [3.8, 4) is 0 Å². The largest absolute Gasteiger partial charge is 0.374 e. The van der Waals surface area contributed by atoms with Gasteiger partial charge in [-0.3, -0.25) is 4.90 Å². The molecule has 7 nitrogen and oxygen atoms in total. The number of likely N-dealkylation sites (N-methyl/N-ethyl adjacent to an activating group) is 1. The van der Waals surface area contributed by atoms with E-state index in [1.54, 1.807) is 7.05 Å². The van der Waals surface area contributed by atoms with E-state index < -0.39 is 0 Å². The fraction of sp³-hybridized carbons (Fsp3) is 0.917. The molecule has 1 aliphatic heterocycles. The molecule has 1 aromatic rings. The van der Waals surface area contributed by atoms with Crippen LogP contribution in [0.3, 0.4) is 0 Å². The number of nitrogens with one attached hydrogen (secondary N) is 1. The van der Waals surface area contributed by atoms with Gasteiger partial charge in [0.25, 0.3) is 0 Å². The first-order chi connectivity index (χ1) is 9.10. The molecule has 1 N–H and O–H groups in total. The molecule has 2 atom stereocenters. The molecule has 1 aliphatic rings. The average molecular weight is 268 g/mol. The lowest BCUT2D eigenvalue weighted by Crippen LogP contribution is -2.54. The second-order valence-electron chi connectivity index (χ2n) is 5.29. The summed E-state index contributed by atoms with van der Waals surface area (Å²) in [4.78, 5) is 3.94. The number of rotatable bonds is 5. The van der Waals surface area contributed by atoms with Crippen LogP contribution in [0.4, 0.5) is 0 Å². The third-order valence-corrected chi connectivity index (χ3v) is 3.63. The van der Waals surface area contributed by atoms with Gasteiger partial charge in [-0.15, -0.1) is 10.2 Å². The van der Waals surface area contributed by atoms with Gasteiger partial charge in [0.2, 0.25) is 0 Å². The Morgan fingerprint density at radius 1 is 1.47 bits per heavy atom. The molecular weight excluding hydrogens is 244 g/mol. The standard InChI is InChI=1S/C12H24N6O/c1-9(2)18-5-6-19-11(8-18)10(13-3)7-12-14-16-17(4)15-12/h9-11,13H,5-8H2,1-4H3. The predicted molar refractivity (Wildman–Crippen MR) is 71.8 cm³/mol. The van der Waals surface area contributed by atoms with Crippen LogP contribution in [0.15, 0.2) is 0 Å². The maximum absolute atomic E-state index is 5.90. The van der Waals surface area contributed by atoms with Crippen molar-refractivity contribution >= 4 is 0 Å². The van der Waals surface area contributed by atoms with E-state index >= 15 is 0 Å². The molecule has 0 spiro atoms. The lowest BCUT2D eigenvalue weighted by atomic mass is 10.0. The molecule has 0 saturated carbocycles. The molecule has 108 valence electrons. The van der Waals surface area contributed by atoms with Gasteiger partial charge in [-0.25, -0.2) is 0 Å². The predicted octanol–water partition coefficient (Wildman–Crippen LogP) is -0.550. The summed E-state index contributed by atoms with van der Waals surface area (Å²) >= 11 is 0. The maximum Gasteiger partial charge on any atom is 0.176 e. The smallest absolute Gasteiger partial charge is 0.176 e. The van der Waals surface area contributed by atoms with Gasteiger partial charge in [-0.1, -0.05) is 0 Å². The van der Waals surface area contributed by atoms with E-state index in [4.69, 9.17) is 4.74 Å². The van der Waals surface area contributed by atoms with E-state index in [0.717, 1.165) is 31.9 Å². The molecule has 7 heteroatoms. The van der Waals surface area contributed by atoms with Crippen molar-refractivity contribution in [1.82, 2.24) is 30.4 Å². The molecule has 0 aliphatic carbocycles. The zero-order valence-corrected chi connectivity index (χ0v) is 12.2. The molecule has 2 heterocycles. The van der Waals surface area contributed by atoms with Crippen LogP contribution >= 0.6 is 0 Å². The van der Waals surface area contributed by atoms with Crippen LogP contribution in [0.2, 0.25) is 0 Å². The Morgan fingerprint density at radius 3 is 2.84 bits per heavy atom. The van der Waals surface area contributed by atoms with Gasteiger partial charge in [0.1, 0.15) is 0 Å². The zero-order chi connectivity index (χ0) is 13.8. The minimum absolute atomic E-state index is 0.171. The Labute approximate surface area is 114 Å². The second-order valence-corrected chi connectivity index (χ2v) is 5.29. The van der Waals surface area contributed by atoms with Crippen molar-refractivity contribution in [2.75, 3.05) is 26.7 Å². The number of ether oxygens (including phenoxy) is 1. The highest BCUT2D eigenvalue weighted by atomic mass is 16.5. The first-order valence-corrected chi connectivity index (χ1v) is 6.86. The van der Waals surface area contributed by atoms with Crippen LogP contribution in [0, 0.1) is 0 Å². The number of aromatic nitrogens is 4. The highest BCUT2D eigenvalue weighted by molar-refractivity contribution is 4.91. The molecule has 0 amide bonds. The summed E-state index contributed by atoms with van der Waals surface area (Å²) in [5.74, 6) is 0.757. The Bertz CT molecular complexity index is 393. The van der Waals surface area contributed by atoms with Crippen LogP contribution in [0.1, 0.15) is 19.7 Å². The number of aryl methyl sites for hydroxylation is 1. The summed E-state index contributed by atoms with van der Waals surface area (Å²) in [6, 6.07) is 0.768. The van der Waals surface area contributed by atoms with E-state index in [-0.39, 0.29) is 12.1 Å². The van der Waals surface area contributed by atoms with Crippen LogP contribution in [0.5, 0.6) is 0 Å². The minimum atomic E-state index is 0.171. The van der Waals surface area contributed by atoms with Gasteiger partial charge in [-0.05, 0) is 26.1 Å². The van der Waals surface area contributed by atoms with Crippen molar-refractivity contribution in [1.29, 1.82) is 0 Å². The van der Waals surface area contributed by atoms with Gasteiger partial charge in [0.15, 0.2) is 5.82 Å². The summed E-state index contributed by atoms with van der Waals surface area (Å²) in [5, 5.41) is 15.5. The third kappa shape index (κ3) is 3.71. The maximum atomic E-state index is 5.90. The molecule has 2 unspecified atom stereocenters. The van der Waals surface area contributed by atoms with Crippen LogP contribution in [-0.2, 0) is 18.2 Å². The molecule has 0 aromatic carbocycles. The Balaban J connectivity index is 1.96. The first kappa shape index (κ1) is 14.4. The van der Waals surface area contributed by atoms with Gasteiger partial charge in [-0.2, -0.15) is 4.80 Å². The van der Waals surface area contributed by atoms with Crippen molar-refractivity contribution < 1.29 is 4.74 Å². The van der Waals surface area contributed by atoms with E-state index in [1.165, 1.54) is 4.80 Å². The van der Waals surface area contributed by atoms with Crippen molar-refractivity contribution in [2.24, 2.45) is 7.05 Å². The summed E-state index contributed by atoms with van der Waals surface area (Å²) in [7, 11) is 3.74. The van der Waals surface area contributed by atoms with E-state index in [1.807, 2.05) is 7.05 Å². The summed E-state index contributed by atoms with van der Waals surface area (Å²) in [6.07, 6.45) is 0.908. The van der Waals surface area contributed by atoms with Gasteiger partial charge >= 0.3 is 0 Å². The number of nitrogens with zero attached hydrogens (tertiary/aromatic N) is 5. The monoisotopic (exact) mass is 268 g/mol. The van der Waals surface area contributed by atoms with Gasteiger partial charge < -0.3 is 10.1 Å². The lowest BCUT2D eigenvalue weighted by molar-refractivity contribution is -0.0544. The molecule has 19 heavy (non-hydrogen) atoms. The fourth-order valence-electron chi connectivity index (χ4n) is 2.43. The number of hydrogen-bond donors (Lipinski definition) is 1. The number of hydrogen-bond acceptors (Lipinski definition) is 6. The Morgan fingerprint density at radius 2 is 2.26 bits per heavy atom. The summed E-state index contributed by atoms with van der Waals surface area (Å²) < 4.78 is 5.90. The molecule has 0 bridgehead atoms. The quantitative estimate of drug-likeness (QED) is 0.773. The number of tetrazole rings is 1. The normalized spacial score (nSPS) is 22.9. The van der Waals surface area contributed by atoms with Crippen LogP contribution in [0.25, 0.3) is 0 Å². The topological polar surface area (TPSA) is 68.1 Å². The molecule has 1 aromatic heterocycles.